The van der Waals surface area contributed by atoms with Crippen molar-refractivity contribution in [2.24, 2.45) is 0 Å². The Labute approximate surface area is 84.1 Å². The summed E-state index contributed by atoms with van der Waals surface area (Å²) in [4.78, 5) is 0. The number of hydrogen-bond acceptors (Lipinski definition) is 1. The highest BCUT2D eigenvalue weighted by Gasteiger charge is 2.12. The van der Waals surface area contributed by atoms with Crippen LogP contribution in [0, 0.1) is 12.3 Å². The van der Waals surface area contributed by atoms with E-state index in [1.165, 1.54) is 0 Å². The maximum atomic E-state index is 5.75. The van der Waals surface area contributed by atoms with Gasteiger partial charge in [0.2, 0.25) is 0 Å². The van der Waals surface area contributed by atoms with Crippen molar-refractivity contribution in [3.8, 4) is 12.3 Å². The molecule has 0 amide bonds. The van der Waals surface area contributed by atoms with Crippen LogP contribution in [0.15, 0.2) is 24.3 Å². The fourth-order valence-corrected chi connectivity index (χ4v) is 1.06. The van der Waals surface area contributed by atoms with Crippen LogP contribution in [0.25, 0.3) is 0 Å². The molecule has 0 unspecified atom stereocenters. The van der Waals surface area contributed by atoms with Crippen LogP contribution in [0.4, 0.5) is 5.69 Å². The molecule has 0 bridgehead atoms. The molecule has 0 fully saturated rings. The normalized spacial score (nSPS) is 10.6. The standard InChI is InChI=1S/C11H12ClN/c1-4-11(2,3)13-10-7-5-9(12)6-8-10/h1,5-8,13H,2-3H3. The Bertz CT molecular complexity index is 319. The van der Waals surface area contributed by atoms with Gasteiger partial charge in [0, 0.05) is 10.7 Å². The summed E-state index contributed by atoms with van der Waals surface area (Å²) in [5.41, 5.74) is 0.653. The van der Waals surface area contributed by atoms with E-state index in [1.807, 2.05) is 38.1 Å². The van der Waals surface area contributed by atoms with Gasteiger partial charge in [-0.15, -0.1) is 6.42 Å². The van der Waals surface area contributed by atoms with Gasteiger partial charge in [-0.25, -0.2) is 0 Å². The Kier molecular flexibility index (Phi) is 2.85. The van der Waals surface area contributed by atoms with Gasteiger partial charge >= 0.3 is 0 Å². The maximum Gasteiger partial charge on any atom is 0.0927 e. The summed E-state index contributed by atoms with van der Waals surface area (Å²) in [6, 6.07) is 7.47. The van der Waals surface area contributed by atoms with Crippen molar-refractivity contribution >= 4 is 17.3 Å². The molecule has 0 aliphatic heterocycles. The first kappa shape index (κ1) is 9.95. The van der Waals surface area contributed by atoms with Crippen LogP contribution in [-0.2, 0) is 0 Å². The molecule has 0 aliphatic carbocycles. The van der Waals surface area contributed by atoms with E-state index in [-0.39, 0.29) is 5.54 Å². The smallest absolute Gasteiger partial charge is 0.0927 e. The molecular weight excluding hydrogens is 182 g/mol. The first-order valence-electron chi connectivity index (χ1n) is 4.05. The second-order valence-electron chi connectivity index (χ2n) is 3.40. The predicted molar refractivity (Wildman–Crippen MR) is 58.0 cm³/mol. The number of halogens is 1. The van der Waals surface area contributed by atoms with E-state index in [1.54, 1.807) is 0 Å². The maximum absolute atomic E-state index is 5.75. The molecule has 13 heavy (non-hydrogen) atoms. The van der Waals surface area contributed by atoms with E-state index in [2.05, 4.69) is 11.2 Å². The lowest BCUT2D eigenvalue weighted by atomic mass is 10.1. The number of anilines is 1. The highest BCUT2D eigenvalue weighted by atomic mass is 35.5. The fraction of sp³-hybridized carbons (Fsp3) is 0.273. The molecule has 1 aromatic carbocycles. The van der Waals surface area contributed by atoms with Crippen molar-refractivity contribution < 1.29 is 0 Å². The molecule has 1 nitrogen and oxygen atoms in total. The molecule has 0 aliphatic rings. The zero-order valence-electron chi connectivity index (χ0n) is 7.76. The fourth-order valence-electron chi connectivity index (χ4n) is 0.930. The van der Waals surface area contributed by atoms with Crippen molar-refractivity contribution in [2.45, 2.75) is 19.4 Å². The minimum atomic E-state index is -0.326. The Morgan fingerprint density at radius 2 is 1.85 bits per heavy atom. The second-order valence-corrected chi connectivity index (χ2v) is 3.84. The minimum Gasteiger partial charge on any atom is -0.370 e. The molecule has 0 aromatic heterocycles. The van der Waals surface area contributed by atoms with Gasteiger partial charge in [-0.1, -0.05) is 17.5 Å². The Balaban J connectivity index is 2.77. The predicted octanol–water partition coefficient (Wildman–Crippen LogP) is 3.16. The van der Waals surface area contributed by atoms with Crippen LogP contribution in [0.5, 0.6) is 0 Å². The van der Waals surface area contributed by atoms with Gasteiger partial charge < -0.3 is 5.32 Å². The van der Waals surface area contributed by atoms with Crippen molar-refractivity contribution in [3.63, 3.8) is 0 Å². The quantitative estimate of drug-likeness (QED) is 0.712. The van der Waals surface area contributed by atoms with E-state index >= 15 is 0 Å². The number of hydrogen-bond donors (Lipinski definition) is 1. The SMILES string of the molecule is C#CC(C)(C)Nc1ccc(Cl)cc1. The van der Waals surface area contributed by atoms with Crippen LogP contribution in [-0.4, -0.2) is 5.54 Å². The molecule has 0 spiro atoms. The molecule has 1 N–H and O–H groups in total. The van der Waals surface area contributed by atoms with Crippen molar-refractivity contribution in [2.75, 3.05) is 5.32 Å². The number of benzene rings is 1. The zero-order valence-corrected chi connectivity index (χ0v) is 8.52. The van der Waals surface area contributed by atoms with Crippen LogP contribution < -0.4 is 5.32 Å². The van der Waals surface area contributed by atoms with Gasteiger partial charge in [0.15, 0.2) is 0 Å². The van der Waals surface area contributed by atoms with Crippen LogP contribution >= 0.6 is 11.6 Å². The molecular formula is C11H12ClN. The Morgan fingerprint density at radius 3 is 2.31 bits per heavy atom. The molecule has 1 aromatic rings. The third-order valence-electron chi connectivity index (χ3n) is 1.66. The van der Waals surface area contributed by atoms with Gasteiger partial charge in [-0.2, -0.15) is 0 Å². The molecule has 1 rings (SSSR count). The summed E-state index contributed by atoms with van der Waals surface area (Å²) in [5, 5.41) is 3.93. The average Bonchev–Trinajstić information content (AvgIpc) is 2.09. The third kappa shape index (κ3) is 3.01. The lowest BCUT2D eigenvalue weighted by Gasteiger charge is -2.20. The highest BCUT2D eigenvalue weighted by Crippen LogP contribution is 2.17. The van der Waals surface area contributed by atoms with Crippen molar-refractivity contribution in [1.29, 1.82) is 0 Å². The summed E-state index contributed by atoms with van der Waals surface area (Å²) >= 11 is 5.75. The Hall–Kier alpha value is -1.13. The summed E-state index contributed by atoms with van der Waals surface area (Å²) < 4.78 is 0. The number of nitrogens with one attached hydrogen (secondary N) is 1. The van der Waals surface area contributed by atoms with Crippen molar-refractivity contribution in [1.82, 2.24) is 0 Å². The van der Waals surface area contributed by atoms with Gasteiger partial charge in [0.1, 0.15) is 0 Å². The minimum absolute atomic E-state index is 0.326. The van der Waals surface area contributed by atoms with Gasteiger partial charge in [0.25, 0.3) is 0 Å². The van der Waals surface area contributed by atoms with E-state index in [9.17, 15) is 0 Å². The third-order valence-corrected chi connectivity index (χ3v) is 1.91. The molecule has 0 atom stereocenters. The molecule has 0 saturated carbocycles. The van der Waals surface area contributed by atoms with Crippen LogP contribution in [0.3, 0.4) is 0 Å². The molecule has 2 heteroatoms. The Morgan fingerprint density at radius 1 is 1.31 bits per heavy atom. The number of rotatable bonds is 2. The zero-order chi connectivity index (χ0) is 9.90. The lowest BCUT2D eigenvalue weighted by Crippen LogP contribution is -2.28. The topological polar surface area (TPSA) is 12.0 Å². The first-order chi connectivity index (χ1) is 6.03. The van der Waals surface area contributed by atoms with Gasteiger partial charge in [0.05, 0.1) is 5.54 Å². The van der Waals surface area contributed by atoms with Crippen LogP contribution in [0.2, 0.25) is 5.02 Å². The summed E-state index contributed by atoms with van der Waals surface area (Å²) in [6.45, 7) is 3.89. The van der Waals surface area contributed by atoms with E-state index in [4.69, 9.17) is 18.0 Å². The van der Waals surface area contributed by atoms with E-state index < -0.39 is 0 Å². The molecule has 68 valence electrons. The molecule has 0 heterocycles. The van der Waals surface area contributed by atoms with Crippen molar-refractivity contribution in [3.05, 3.63) is 29.3 Å². The molecule has 0 radical (unpaired) electrons. The van der Waals surface area contributed by atoms with E-state index in [0.717, 1.165) is 10.7 Å². The first-order valence-corrected chi connectivity index (χ1v) is 4.43. The summed E-state index contributed by atoms with van der Waals surface area (Å²) in [6.07, 6.45) is 5.35. The average molecular weight is 194 g/mol. The lowest BCUT2D eigenvalue weighted by molar-refractivity contribution is 0.742. The van der Waals surface area contributed by atoms with Gasteiger partial charge in [-0.3, -0.25) is 0 Å². The summed E-state index contributed by atoms with van der Waals surface area (Å²) in [5.74, 6) is 2.66. The largest absolute Gasteiger partial charge is 0.370 e. The van der Waals surface area contributed by atoms with E-state index in [0.29, 0.717) is 0 Å². The van der Waals surface area contributed by atoms with Gasteiger partial charge in [-0.05, 0) is 38.1 Å². The van der Waals surface area contributed by atoms with Crippen LogP contribution in [0.1, 0.15) is 13.8 Å². The second kappa shape index (κ2) is 3.72. The summed E-state index contributed by atoms with van der Waals surface area (Å²) in [7, 11) is 0. The number of terminal acetylenes is 1. The molecule has 0 saturated heterocycles. The monoisotopic (exact) mass is 193 g/mol. The highest BCUT2D eigenvalue weighted by molar-refractivity contribution is 6.30.